The van der Waals surface area contributed by atoms with Crippen LogP contribution in [0.5, 0.6) is 0 Å². The van der Waals surface area contributed by atoms with Crippen molar-refractivity contribution in [3.63, 3.8) is 0 Å². The molecule has 0 radical (unpaired) electrons. The number of nitrogens with zero attached hydrogens (tertiary/aromatic N) is 2. The maximum atomic E-state index is 11.9. The van der Waals surface area contributed by atoms with E-state index in [9.17, 15) is 9.59 Å². The van der Waals surface area contributed by atoms with Crippen LogP contribution in [-0.2, 0) is 4.79 Å². The number of benzene rings is 1. The number of carbonyl (C=O) groups excluding carboxylic acids is 2. The number of rotatable bonds is 6. The fraction of sp³-hybridized carbons (Fsp3) is 0.467. The highest BCUT2D eigenvalue weighted by Gasteiger charge is 2.14. The number of likely N-dealkylation sites (N-methyl/N-ethyl adjacent to an activating group) is 1. The first kappa shape index (κ1) is 16.0. The normalized spacial score (nSPS) is 10.2. The molecule has 5 heteroatoms. The van der Waals surface area contributed by atoms with Crippen LogP contribution < -0.4 is 10.6 Å². The summed E-state index contributed by atoms with van der Waals surface area (Å²) in [5, 5.41) is 0. The largest absolute Gasteiger partial charge is 0.398 e. The van der Waals surface area contributed by atoms with Crippen molar-refractivity contribution >= 4 is 23.1 Å². The van der Waals surface area contributed by atoms with E-state index in [1.54, 1.807) is 31.1 Å². The molecule has 0 saturated carbocycles. The lowest BCUT2D eigenvalue weighted by Crippen LogP contribution is -2.37. The molecule has 2 N–H and O–H groups in total. The van der Waals surface area contributed by atoms with Crippen molar-refractivity contribution in [2.24, 2.45) is 0 Å². The van der Waals surface area contributed by atoms with E-state index in [1.165, 1.54) is 6.92 Å². The van der Waals surface area contributed by atoms with Gasteiger partial charge in [0.05, 0.1) is 6.54 Å². The predicted octanol–water partition coefficient (Wildman–Crippen LogP) is 1.78. The van der Waals surface area contributed by atoms with Crippen LogP contribution in [0.2, 0.25) is 0 Å². The molecule has 0 aliphatic rings. The first-order valence-corrected chi connectivity index (χ1v) is 6.72. The Bertz CT molecular complexity index is 498. The summed E-state index contributed by atoms with van der Waals surface area (Å²) in [5.74, 6) is -0.0203. The second-order valence-corrected chi connectivity index (χ2v) is 5.04. The van der Waals surface area contributed by atoms with Crippen molar-refractivity contribution in [3.8, 4) is 0 Å². The first-order chi connectivity index (χ1) is 9.36. The van der Waals surface area contributed by atoms with Gasteiger partial charge in [-0.25, -0.2) is 0 Å². The molecule has 5 nitrogen and oxygen atoms in total. The third-order valence-corrected chi connectivity index (χ3v) is 3.10. The number of hydrogen-bond acceptors (Lipinski definition) is 4. The van der Waals surface area contributed by atoms with Crippen molar-refractivity contribution < 1.29 is 9.59 Å². The quantitative estimate of drug-likeness (QED) is 0.636. The van der Waals surface area contributed by atoms with Gasteiger partial charge in [0.25, 0.3) is 0 Å². The van der Waals surface area contributed by atoms with Gasteiger partial charge in [-0.3, -0.25) is 9.59 Å². The minimum Gasteiger partial charge on any atom is -0.398 e. The first-order valence-electron chi connectivity index (χ1n) is 6.72. The highest BCUT2D eigenvalue weighted by molar-refractivity contribution is 5.99. The molecule has 110 valence electrons. The van der Waals surface area contributed by atoms with E-state index in [0.717, 1.165) is 18.7 Å². The van der Waals surface area contributed by atoms with Gasteiger partial charge in [0, 0.05) is 37.6 Å². The highest BCUT2D eigenvalue weighted by atomic mass is 16.2. The van der Waals surface area contributed by atoms with Gasteiger partial charge in [-0.15, -0.1) is 0 Å². The second-order valence-electron chi connectivity index (χ2n) is 5.04. The van der Waals surface area contributed by atoms with E-state index in [-0.39, 0.29) is 11.7 Å². The standard InChI is InChI=1S/C15H23N3O2/c1-5-8-18(10-15(20)17(3)4)12-6-7-13(11(2)19)14(16)9-12/h6-7,9H,5,8,10,16H2,1-4H3. The third kappa shape index (κ3) is 3.98. The molecule has 0 aliphatic carbocycles. The Balaban J connectivity index is 3.00. The zero-order valence-corrected chi connectivity index (χ0v) is 12.6. The van der Waals surface area contributed by atoms with Crippen LogP contribution in [0, 0.1) is 0 Å². The Hall–Kier alpha value is -2.04. The molecule has 0 spiro atoms. The number of hydrogen-bond donors (Lipinski definition) is 1. The molecule has 1 aromatic carbocycles. The Morgan fingerprint density at radius 3 is 2.35 bits per heavy atom. The molecule has 0 saturated heterocycles. The van der Waals surface area contributed by atoms with E-state index in [4.69, 9.17) is 5.73 Å². The average molecular weight is 277 g/mol. The van der Waals surface area contributed by atoms with E-state index in [0.29, 0.717) is 17.8 Å². The molecule has 0 bridgehead atoms. The summed E-state index contributed by atoms with van der Waals surface area (Å²) < 4.78 is 0. The molecule has 0 unspecified atom stereocenters. The number of amides is 1. The van der Waals surface area contributed by atoms with Gasteiger partial charge in [0.15, 0.2) is 5.78 Å². The smallest absolute Gasteiger partial charge is 0.241 e. The van der Waals surface area contributed by atoms with Gasteiger partial charge in [0.1, 0.15) is 0 Å². The van der Waals surface area contributed by atoms with Gasteiger partial charge >= 0.3 is 0 Å². The number of nitrogen functional groups attached to an aromatic ring is 1. The molecular weight excluding hydrogens is 254 g/mol. The van der Waals surface area contributed by atoms with E-state index in [2.05, 4.69) is 6.92 Å². The fourth-order valence-electron chi connectivity index (χ4n) is 1.94. The maximum absolute atomic E-state index is 11.9. The SMILES string of the molecule is CCCN(CC(=O)N(C)C)c1ccc(C(C)=O)c(N)c1. The van der Waals surface area contributed by atoms with Crippen molar-refractivity contribution in [2.45, 2.75) is 20.3 Å². The Morgan fingerprint density at radius 2 is 1.90 bits per heavy atom. The van der Waals surface area contributed by atoms with Crippen molar-refractivity contribution in [1.82, 2.24) is 4.90 Å². The number of anilines is 2. The van der Waals surface area contributed by atoms with Crippen molar-refractivity contribution in [2.75, 3.05) is 37.8 Å². The molecule has 0 heterocycles. The van der Waals surface area contributed by atoms with Gasteiger partial charge in [-0.1, -0.05) is 6.92 Å². The van der Waals surface area contributed by atoms with E-state index in [1.807, 2.05) is 11.0 Å². The Morgan fingerprint density at radius 1 is 1.25 bits per heavy atom. The summed E-state index contributed by atoms with van der Waals surface area (Å²) in [6.45, 7) is 4.61. The fourth-order valence-corrected chi connectivity index (χ4v) is 1.94. The van der Waals surface area contributed by atoms with Crippen LogP contribution in [0.4, 0.5) is 11.4 Å². The van der Waals surface area contributed by atoms with Crippen LogP contribution in [0.3, 0.4) is 0 Å². The van der Waals surface area contributed by atoms with Crippen LogP contribution >= 0.6 is 0 Å². The summed E-state index contributed by atoms with van der Waals surface area (Å²) in [6, 6.07) is 5.32. The second kappa shape index (κ2) is 6.93. The molecule has 1 aromatic rings. The van der Waals surface area contributed by atoms with Crippen LogP contribution in [-0.4, -0.2) is 43.8 Å². The van der Waals surface area contributed by atoms with E-state index < -0.39 is 0 Å². The monoisotopic (exact) mass is 277 g/mol. The molecule has 0 aromatic heterocycles. The topological polar surface area (TPSA) is 66.6 Å². The zero-order chi connectivity index (χ0) is 15.3. The van der Waals surface area contributed by atoms with Crippen LogP contribution in [0.1, 0.15) is 30.6 Å². The van der Waals surface area contributed by atoms with Crippen LogP contribution in [0.15, 0.2) is 18.2 Å². The third-order valence-electron chi connectivity index (χ3n) is 3.10. The van der Waals surface area contributed by atoms with E-state index >= 15 is 0 Å². The molecule has 20 heavy (non-hydrogen) atoms. The van der Waals surface area contributed by atoms with Crippen molar-refractivity contribution in [1.29, 1.82) is 0 Å². The Labute approximate surface area is 120 Å². The van der Waals surface area contributed by atoms with Gasteiger partial charge in [-0.2, -0.15) is 0 Å². The average Bonchev–Trinajstić information content (AvgIpc) is 2.37. The lowest BCUT2D eigenvalue weighted by Gasteiger charge is -2.25. The summed E-state index contributed by atoms with van der Waals surface area (Å²) in [6.07, 6.45) is 0.926. The zero-order valence-electron chi connectivity index (χ0n) is 12.6. The highest BCUT2D eigenvalue weighted by Crippen LogP contribution is 2.22. The summed E-state index contributed by atoms with van der Waals surface area (Å²) >= 11 is 0. The van der Waals surface area contributed by atoms with Crippen LogP contribution in [0.25, 0.3) is 0 Å². The van der Waals surface area contributed by atoms with Gasteiger partial charge in [-0.05, 0) is 31.5 Å². The molecule has 1 rings (SSSR count). The minimum absolute atomic E-state index is 0.0349. The molecule has 0 atom stereocenters. The Kier molecular flexibility index (Phi) is 5.55. The predicted molar refractivity (Wildman–Crippen MR) is 82.1 cm³/mol. The van der Waals surface area contributed by atoms with Gasteiger partial charge in [0.2, 0.25) is 5.91 Å². The number of carbonyl (C=O) groups is 2. The molecular formula is C15H23N3O2. The minimum atomic E-state index is -0.0551. The molecule has 0 aliphatic heterocycles. The molecule has 0 fully saturated rings. The maximum Gasteiger partial charge on any atom is 0.241 e. The number of nitrogens with two attached hydrogens (primary N) is 1. The summed E-state index contributed by atoms with van der Waals surface area (Å²) in [4.78, 5) is 26.8. The summed E-state index contributed by atoms with van der Waals surface area (Å²) in [5.41, 5.74) is 7.74. The van der Waals surface area contributed by atoms with Gasteiger partial charge < -0.3 is 15.5 Å². The summed E-state index contributed by atoms with van der Waals surface area (Å²) in [7, 11) is 3.47. The lowest BCUT2D eigenvalue weighted by atomic mass is 10.1. The molecule has 1 amide bonds. The number of Topliss-reactive ketones (excluding diaryl/α,β-unsaturated/α-hetero) is 1. The van der Waals surface area contributed by atoms with Crippen molar-refractivity contribution in [3.05, 3.63) is 23.8 Å². The number of ketones is 1. The lowest BCUT2D eigenvalue weighted by molar-refractivity contribution is -0.127.